The molecule has 4 rings (SSSR count). The molecular weight excluding hydrogens is 398 g/mol. The molecule has 0 atom stereocenters. The van der Waals surface area contributed by atoms with Gasteiger partial charge in [0.2, 0.25) is 5.95 Å². The second-order valence-corrected chi connectivity index (χ2v) is 7.45. The normalized spacial score (nSPS) is 14.5. The van der Waals surface area contributed by atoms with Gasteiger partial charge in [-0.25, -0.2) is 10.5 Å². The van der Waals surface area contributed by atoms with Crippen molar-refractivity contribution >= 4 is 40.6 Å². The molecule has 3 N–H and O–H groups in total. The third-order valence-corrected chi connectivity index (χ3v) is 4.97. The fourth-order valence-corrected chi connectivity index (χ4v) is 3.30. The molecular formula is C21H25N7O3. The van der Waals surface area contributed by atoms with Crippen LogP contribution in [0.3, 0.4) is 0 Å². The maximum Gasteiger partial charge on any atom is 0.267 e. The van der Waals surface area contributed by atoms with Gasteiger partial charge < -0.3 is 19.5 Å². The highest BCUT2D eigenvalue weighted by atomic mass is 16.5. The van der Waals surface area contributed by atoms with Gasteiger partial charge in [0.1, 0.15) is 0 Å². The van der Waals surface area contributed by atoms with Gasteiger partial charge in [-0.2, -0.15) is 9.97 Å². The van der Waals surface area contributed by atoms with Gasteiger partial charge in [0.05, 0.1) is 19.5 Å². The van der Waals surface area contributed by atoms with Gasteiger partial charge in [0, 0.05) is 30.9 Å². The number of hydrogen-bond donors (Lipinski definition) is 3. The van der Waals surface area contributed by atoms with Crippen LogP contribution in [0.1, 0.15) is 25.5 Å². The maximum atomic E-state index is 11.1. The number of aromatic nitrogens is 4. The molecule has 1 fully saturated rings. The summed E-state index contributed by atoms with van der Waals surface area (Å²) in [5.74, 6) is 0.700. The van der Waals surface area contributed by atoms with E-state index < -0.39 is 5.91 Å². The van der Waals surface area contributed by atoms with E-state index in [0.717, 1.165) is 30.0 Å². The van der Waals surface area contributed by atoms with Crippen molar-refractivity contribution in [1.82, 2.24) is 25.0 Å². The van der Waals surface area contributed by atoms with Crippen molar-refractivity contribution < 1.29 is 14.7 Å². The number of imidazole rings is 1. The van der Waals surface area contributed by atoms with Gasteiger partial charge >= 0.3 is 0 Å². The fraction of sp³-hybridized carbons (Fsp3) is 0.333. The Morgan fingerprint density at radius 3 is 2.61 bits per heavy atom. The van der Waals surface area contributed by atoms with Crippen LogP contribution in [0.25, 0.3) is 17.2 Å². The molecule has 1 aromatic carbocycles. The van der Waals surface area contributed by atoms with Crippen LogP contribution in [0.2, 0.25) is 0 Å². The Kier molecular flexibility index (Phi) is 6.10. The minimum atomic E-state index is -0.582. The highest BCUT2D eigenvalue weighted by molar-refractivity contribution is 5.91. The Balaban J connectivity index is 1.66. The molecule has 1 aliphatic heterocycles. The summed E-state index contributed by atoms with van der Waals surface area (Å²) in [6.07, 6.45) is 4.65. The van der Waals surface area contributed by atoms with E-state index in [0.29, 0.717) is 30.5 Å². The maximum absolute atomic E-state index is 11.1. The first-order valence-electron chi connectivity index (χ1n) is 10.1. The van der Waals surface area contributed by atoms with Gasteiger partial charge in [0.15, 0.2) is 17.0 Å². The molecule has 3 aromatic rings. The monoisotopic (exact) mass is 423 g/mol. The molecule has 10 nitrogen and oxygen atoms in total. The lowest BCUT2D eigenvalue weighted by Crippen LogP contribution is -2.37. The second-order valence-electron chi connectivity index (χ2n) is 7.45. The van der Waals surface area contributed by atoms with E-state index in [2.05, 4.69) is 29.0 Å². The van der Waals surface area contributed by atoms with Crippen LogP contribution in [0.4, 0.5) is 17.5 Å². The number of rotatable bonds is 6. The lowest BCUT2D eigenvalue weighted by molar-refractivity contribution is -0.124. The minimum absolute atomic E-state index is 0.215. The van der Waals surface area contributed by atoms with Crippen molar-refractivity contribution in [3.8, 4) is 0 Å². The van der Waals surface area contributed by atoms with Crippen molar-refractivity contribution in [2.75, 3.05) is 36.5 Å². The van der Waals surface area contributed by atoms with E-state index in [-0.39, 0.29) is 6.04 Å². The molecule has 0 unspecified atom stereocenters. The predicted octanol–water partition coefficient (Wildman–Crippen LogP) is 2.51. The number of nitrogens with zero attached hydrogens (tertiary/aromatic N) is 5. The molecule has 10 heteroatoms. The molecule has 0 saturated carbocycles. The van der Waals surface area contributed by atoms with E-state index in [1.165, 1.54) is 6.08 Å². The molecule has 0 spiro atoms. The average Bonchev–Trinajstić information content (AvgIpc) is 3.23. The summed E-state index contributed by atoms with van der Waals surface area (Å²) in [5.41, 5.74) is 4.70. The molecule has 162 valence electrons. The molecule has 0 radical (unpaired) electrons. The number of carbonyl (C=O) groups excluding carboxylic acids is 1. The number of hydrogen-bond acceptors (Lipinski definition) is 8. The van der Waals surface area contributed by atoms with Crippen molar-refractivity contribution in [2.24, 2.45) is 0 Å². The van der Waals surface area contributed by atoms with Crippen LogP contribution in [-0.2, 0) is 9.53 Å². The molecule has 1 aliphatic rings. The molecule has 2 aromatic heterocycles. The highest BCUT2D eigenvalue weighted by Gasteiger charge is 2.20. The smallest absolute Gasteiger partial charge is 0.267 e. The van der Waals surface area contributed by atoms with Gasteiger partial charge in [0.25, 0.3) is 5.91 Å². The number of fused-ring (bicyclic) bond motifs is 1. The summed E-state index contributed by atoms with van der Waals surface area (Å²) in [6.45, 7) is 6.96. The molecule has 1 amide bonds. The summed E-state index contributed by atoms with van der Waals surface area (Å²) in [6, 6.07) is 7.71. The Morgan fingerprint density at radius 2 is 1.94 bits per heavy atom. The number of benzene rings is 1. The molecule has 3 heterocycles. The number of amides is 1. The Labute approximate surface area is 179 Å². The van der Waals surface area contributed by atoms with Crippen molar-refractivity contribution in [3.63, 3.8) is 0 Å². The number of nitrogens with one attached hydrogen (secondary N) is 2. The Morgan fingerprint density at radius 1 is 1.19 bits per heavy atom. The third-order valence-electron chi connectivity index (χ3n) is 4.97. The zero-order valence-corrected chi connectivity index (χ0v) is 17.4. The van der Waals surface area contributed by atoms with Crippen LogP contribution < -0.4 is 15.7 Å². The molecule has 1 saturated heterocycles. The van der Waals surface area contributed by atoms with Crippen LogP contribution in [0.15, 0.2) is 36.7 Å². The Bertz CT molecular complexity index is 1090. The number of carbonyl (C=O) groups is 1. The lowest BCUT2D eigenvalue weighted by Gasteiger charge is -2.27. The van der Waals surface area contributed by atoms with Gasteiger partial charge in [-0.1, -0.05) is 12.1 Å². The molecule has 0 aliphatic carbocycles. The van der Waals surface area contributed by atoms with Crippen molar-refractivity contribution in [1.29, 1.82) is 0 Å². The first-order chi connectivity index (χ1) is 15.0. The quantitative estimate of drug-likeness (QED) is 0.315. The van der Waals surface area contributed by atoms with E-state index in [9.17, 15) is 4.79 Å². The zero-order chi connectivity index (χ0) is 21.8. The number of morpholine rings is 1. The summed E-state index contributed by atoms with van der Waals surface area (Å²) >= 11 is 0. The number of ether oxygens (including phenoxy) is 1. The van der Waals surface area contributed by atoms with Crippen molar-refractivity contribution in [2.45, 2.75) is 19.9 Å². The third kappa shape index (κ3) is 4.65. The van der Waals surface area contributed by atoms with E-state index >= 15 is 0 Å². The highest BCUT2D eigenvalue weighted by Crippen LogP contribution is 2.27. The molecule has 31 heavy (non-hydrogen) atoms. The first-order valence-corrected chi connectivity index (χ1v) is 10.1. The number of hydroxylamine groups is 1. The van der Waals surface area contributed by atoms with Gasteiger partial charge in [-0.3, -0.25) is 10.0 Å². The fourth-order valence-electron chi connectivity index (χ4n) is 3.30. The SMILES string of the molecule is CC(C)n1cnc2c(Nc3ccc(/C=C/C(=O)NO)cc3)nc(N3CCOCC3)nc21. The van der Waals surface area contributed by atoms with Crippen LogP contribution >= 0.6 is 0 Å². The van der Waals surface area contributed by atoms with Crippen LogP contribution in [-0.4, -0.2) is 56.9 Å². The Hall–Kier alpha value is -3.50. The van der Waals surface area contributed by atoms with Gasteiger partial charge in [-0.15, -0.1) is 0 Å². The van der Waals surface area contributed by atoms with Crippen molar-refractivity contribution in [3.05, 3.63) is 42.2 Å². The van der Waals surface area contributed by atoms with Crippen LogP contribution in [0.5, 0.6) is 0 Å². The van der Waals surface area contributed by atoms with Gasteiger partial charge in [-0.05, 0) is 37.6 Å². The van der Waals surface area contributed by atoms with Crippen LogP contribution in [0, 0.1) is 0 Å². The summed E-state index contributed by atoms with van der Waals surface area (Å²) in [4.78, 5) is 27.4. The minimum Gasteiger partial charge on any atom is -0.378 e. The lowest BCUT2D eigenvalue weighted by atomic mass is 10.2. The first kappa shape index (κ1) is 20.8. The summed E-state index contributed by atoms with van der Waals surface area (Å²) < 4.78 is 7.49. The van der Waals surface area contributed by atoms with E-state index in [4.69, 9.17) is 19.9 Å². The number of anilines is 3. The zero-order valence-electron chi connectivity index (χ0n) is 17.4. The summed E-state index contributed by atoms with van der Waals surface area (Å²) in [5, 5.41) is 11.9. The largest absolute Gasteiger partial charge is 0.378 e. The van der Waals surface area contributed by atoms with E-state index in [1.807, 2.05) is 28.8 Å². The molecule has 0 bridgehead atoms. The topological polar surface area (TPSA) is 117 Å². The predicted molar refractivity (Wildman–Crippen MR) is 117 cm³/mol. The summed E-state index contributed by atoms with van der Waals surface area (Å²) in [7, 11) is 0. The van der Waals surface area contributed by atoms with E-state index in [1.54, 1.807) is 17.9 Å². The second kappa shape index (κ2) is 9.11. The average molecular weight is 423 g/mol. The standard InChI is InChI=1S/C21H25N7O3/c1-14(2)28-13-22-18-19(24-21(25-20(18)28)27-9-11-31-12-10-27)23-16-6-3-15(4-7-16)5-8-17(29)26-30/h3-8,13-14,30H,9-12H2,1-2H3,(H,26,29)(H,23,24,25)/b8-5+.